The van der Waals surface area contributed by atoms with Crippen LogP contribution in [0, 0.1) is 0 Å². The molecule has 0 aliphatic heterocycles. The summed E-state index contributed by atoms with van der Waals surface area (Å²) in [7, 11) is -6.84. The Morgan fingerprint density at radius 3 is 2.68 bits per heavy atom. The van der Waals surface area contributed by atoms with Crippen molar-refractivity contribution in [2.75, 3.05) is 13.6 Å². The van der Waals surface area contributed by atoms with Gasteiger partial charge in [-0.3, -0.25) is 4.79 Å². The number of aliphatic hydroxyl groups excluding tert-OH is 1. The molecule has 0 bridgehead atoms. The predicted molar refractivity (Wildman–Crippen MR) is 128 cm³/mol. The lowest BCUT2D eigenvalue weighted by Gasteiger charge is -2.26. The third-order valence-corrected chi connectivity index (χ3v) is 7.02. The van der Waals surface area contributed by atoms with Gasteiger partial charge in [-0.2, -0.15) is 0 Å². The fourth-order valence-corrected chi connectivity index (χ4v) is 4.80. The highest BCUT2D eigenvalue weighted by Crippen LogP contribution is 2.22. The maximum Gasteiger partial charge on any atom is 0.328 e. The van der Waals surface area contributed by atoms with Crippen LogP contribution in [0.3, 0.4) is 0 Å². The number of urea groups is 1. The standard InChI is InChI=1S/C23H28ClN3O6S/c1-33-21-10-7-16(24)13-20(21)22(29)25-12-11-15-5-8-19(9-6-15)34(31,32)27-23(30)26-17-3-2-4-18(28)14-17/h5-10,13,17-18,28H,2-4,11-12,14H2,1H3,(H,25,29)(H2,26,27,30)/i1+1D3. The van der Waals surface area contributed by atoms with Crippen molar-refractivity contribution in [3.8, 4) is 5.75 Å². The topological polar surface area (TPSA) is 134 Å². The Morgan fingerprint density at radius 2 is 1.97 bits per heavy atom. The maximum absolute atomic E-state index is 12.6. The molecule has 184 valence electrons. The van der Waals surface area contributed by atoms with Crippen molar-refractivity contribution < 1.29 is 32.0 Å². The molecule has 0 spiro atoms. The lowest BCUT2D eigenvalue weighted by molar-refractivity contribution is 0.0951. The van der Waals surface area contributed by atoms with Crippen molar-refractivity contribution in [3.63, 3.8) is 0 Å². The number of aliphatic hydroxyl groups is 1. The van der Waals surface area contributed by atoms with Crippen LogP contribution in [0.4, 0.5) is 4.79 Å². The Hall–Kier alpha value is -2.82. The third kappa shape index (κ3) is 7.09. The van der Waals surface area contributed by atoms with Gasteiger partial charge in [-0.05, 0) is 68.0 Å². The summed E-state index contributed by atoms with van der Waals surface area (Å²) >= 11 is 5.93. The van der Waals surface area contributed by atoms with Crippen LogP contribution in [0.25, 0.3) is 0 Å². The van der Waals surface area contributed by atoms with Gasteiger partial charge in [0.25, 0.3) is 15.9 Å². The van der Waals surface area contributed by atoms with Crippen LogP contribution < -0.4 is 20.1 Å². The zero-order chi connectivity index (χ0) is 27.2. The van der Waals surface area contributed by atoms with E-state index in [1.54, 1.807) is 12.1 Å². The fraction of sp³-hybridized carbons (Fsp3) is 0.391. The van der Waals surface area contributed by atoms with Crippen molar-refractivity contribution in [2.24, 2.45) is 0 Å². The smallest absolute Gasteiger partial charge is 0.328 e. The Bertz CT molecular complexity index is 1230. The molecule has 34 heavy (non-hydrogen) atoms. The number of sulfonamides is 1. The van der Waals surface area contributed by atoms with Gasteiger partial charge in [0.2, 0.25) is 0 Å². The molecule has 1 fully saturated rings. The molecule has 0 aromatic heterocycles. The first-order chi connectivity index (χ1) is 17.3. The van der Waals surface area contributed by atoms with E-state index in [2.05, 4.69) is 10.6 Å². The number of methoxy groups -OCH3 is 1. The predicted octanol–water partition coefficient (Wildman–Crippen LogP) is 2.61. The van der Waals surface area contributed by atoms with E-state index < -0.39 is 35.1 Å². The molecule has 2 atom stereocenters. The molecule has 9 nitrogen and oxygen atoms in total. The second-order valence-electron chi connectivity index (χ2n) is 7.99. The van der Waals surface area contributed by atoms with Gasteiger partial charge >= 0.3 is 6.03 Å². The van der Waals surface area contributed by atoms with Crippen molar-refractivity contribution in [3.05, 3.63) is 58.6 Å². The van der Waals surface area contributed by atoms with Crippen molar-refractivity contribution >= 4 is 33.6 Å². The number of carbonyl (C=O) groups excluding carboxylic acids is 2. The lowest BCUT2D eigenvalue weighted by atomic mass is 9.93. The molecule has 0 saturated heterocycles. The summed E-state index contributed by atoms with van der Waals surface area (Å²) in [5.74, 6) is -0.714. The van der Waals surface area contributed by atoms with E-state index in [0.29, 0.717) is 31.2 Å². The molecule has 2 unspecified atom stereocenters. The minimum Gasteiger partial charge on any atom is -0.496 e. The zero-order valence-electron chi connectivity index (χ0n) is 21.2. The van der Waals surface area contributed by atoms with E-state index in [4.69, 9.17) is 20.5 Å². The van der Waals surface area contributed by atoms with Gasteiger partial charge in [0.1, 0.15) is 5.75 Å². The fourth-order valence-electron chi connectivity index (χ4n) is 3.71. The van der Waals surface area contributed by atoms with Crippen molar-refractivity contribution in [1.82, 2.24) is 15.4 Å². The number of hydrogen-bond acceptors (Lipinski definition) is 6. The second kappa shape index (κ2) is 11.5. The second-order valence-corrected chi connectivity index (χ2v) is 10.1. The Labute approximate surface area is 208 Å². The molecular weight excluding hydrogens is 483 g/mol. The van der Waals surface area contributed by atoms with Gasteiger partial charge < -0.3 is 20.5 Å². The van der Waals surface area contributed by atoms with Crippen molar-refractivity contribution in [1.29, 1.82) is 0 Å². The molecule has 4 N–H and O–H groups in total. The van der Waals surface area contributed by atoms with Gasteiger partial charge in [-0.25, -0.2) is 17.9 Å². The first-order valence-electron chi connectivity index (χ1n) is 12.2. The van der Waals surface area contributed by atoms with E-state index in [9.17, 15) is 23.1 Å². The van der Waals surface area contributed by atoms with E-state index in [0.717, 1.165) is 6.42 Å². The van der Waals surface area contributed by atoms with Crippen LogP contribution in [0.5, 0.6) is 5.75 Å². The number of nitrogens with one attached hydrogen (secondary N) is 3. The highest BCUT2D eigenvalue weighted by molar-refractivity contribution is 7.90. The molecule has 1 saturated carbocycles. The molecule has 3 rings (SSSR count). The number of ether oxygens (including phenoxy) is 1. The van der Waals surface area contributed by atoms with Gasteiger partial charge in [0.15, 0.2) is 0 Å². The SMILES string of the molecule is [2H][13C]([2H])([2H])Oc1ccc(Cl)cc1C(=O)NCCc1ccc(S(=O)(=O)NC(=O)NC2CCCC(O)C2)cc1. The third-order valence-electron chi connectivity index (χ3n) is 5.44. The van der Waals surface area contributed by atoms with Crippen molar-refractivity contribution in [2.45, 2.75) is 49.1 Å². The molecule has 11 heteroatoms. The number of hydrogen-bond donors (Lipinski definition) is 4. The number of amides is 3. The lowest BCUT2D eigenvalue weighted by Crippen LogP contribution is -2.46. The summed E-state index contributed by atoms with van der Waals surface area (Å²) in [4.78, 5) is 24.6. The summed E-state index contributed by atoms with van der Waals surface area (Å²) < 4.78 is 53.7. The summed E-state index contributed by atoms with van der Waals surface area (Å²) in [6, 6.07) is 8.67. The molecule has 1 aliphatic carbocycles. The van der Waals surface area contributed by atoms with Crippen LogP contribution in [-0.4, -0.2) is 51.2 Å². The van der Waals surface area contributed by atoms with Crippen LogP contribution in [-0.2, 0) is 16.4 Å². The van der Waals surface area contributed by atoms with Crippen LogP contribution in [0.2, 0.25) is 5.02 Å². The van der Waals surface area contributed by atoms with Crippen LogP contribution in [0.1, 0.15) is 45.7 Å². The molecule has 2 aromatic rings. The van der Waals surface area contributed by atoms with E-state index in [-0.39, 0.29) is 33.8 Å². The summed E-state index contributed by atoms with van der Waals surface area (Å²) in [6.45, 7) is 0.165. The zero-order valence-corrected chi connectivity index (χ0v) is 19.8. The first kappa shape index (κ1) is 21.7. The summed E-state index contributed by atoms with van der Waals surface area (Å²) in [5, 5.41) is 15.2. The number of benzene rings is 2. The van der Waals surface area contributed by atoms with E-state index in [1.165, 1.54) is 30.3 Å². The molecular formula is C23H28ClN3O6S. The van der Waals surface area contributed by atoms with Gasteiger partial charge in [0.05, 0.1) is 27.7 Å². The minimum absolute atomic E-state index is 0.0304. The van der Waals surface area contributed by atoms with Gasteiger partial charge in [-0.15, -0.1) is 0 Å². The average Bonchev–Trinajstić information content (AvgIpc) is 2.79. The quantitative estimate of drug-likeness (QED) is 0.401. The number of carbonyl (C=O) groups is 2. The Balaban J connectivity index is 1.53. The number of rotatable bonds is 8. The highest BCUT2D eigenvalue weighted by Gasteiger charge is 2.24. The molecule has 0 heterocycles. The molecule has 3 amide bonds. The minimum atomic E-state index is -4.10. The molecule has 0 radical (unpaired) electrons. The normalized spacial score (nSPS) is 19.8. The highest BCUT2D eigenvalue weighted by atomic mass is 35.5. The largest absolute Gasteiger partial charge is 0.496 e. The monoisotopic (exact) mass is 513 g/mol. The van der Waals surface area contributed by atoms with Gasteiger partial charge in [0, 0.05) is 17.6 Å². The summed E-state index contributed by atoms with van der Waals surface area (Å²) in [5.41, 5.74) is 0.683. The first-order valence-corrected chi connectivity index (χ1v) is 12.6. The number of halogens is 1. The van der Waals surface area contributed by atoms with Crippen LogP contribution in [0.15, 0.2) is 47.4 Å². The maximum atomic E-state index is 12.6. The molecule has 2 aromatic carbocycles. The van der Waals surface area contributed by atoms with E-state index in [1.807, 2.05) is 4.72 Å². The van der Waals surface area contributed by atoms with Gasteiger partial charge in [-0.1, -0.05) is 23.7 Å². The van der Waals surface area contributed by atoms with Crippen LogP contribution >= 0.6 is 11.6 Å². The molecule has 1 aliphatic rings. The average molecular weight is 514 g/mol. The Kier molecular flexibility index (Phi) is 7.37. The Morgan fingerprint density at radius 1 is 1.21 bits per heavy atom. The summed E-state index contributed by atoms with van der Waals surface area (Å²) in [6.07, 6.45) is 2.29. The van der Waals surface area contributed by atoms with E-state index >= 15 is 0 Å².